The lowest BCUT2D eigenvalue weighted by molar-refractivity contribution is 0.203. The molecule has 0 aliphatic rings. The van der Waals surface area contributed by atoms with Gasteiger partial charge >= 0.3 is 0 Å². The summed E-state index contributed by atoms with van der Waals surface area (Å²) in [6, 6.07) is 4.45. The minimum Gasteiger partial charge on any atom is -0.388 e. The summed E-state index contributed by atoms with van der Waals surface area (Å²) in [5.41, 5.74) is 0.753. The van der Waals surface area contributed by atoms with E-state index in [1.807, 2.05) is 0 Å². The van der Waals surface area contributed by atoms with Crippen LogP contribution in [0.2, 0.25) is 5.02 Å². The molecule has 1 atom stereocenters. The molecule has 0 saturated heterocycles. The van der Waals surface area contributed by atoms with Gasteiger partial charge < -0.3 is 5.11 Å². The van der Waals surface area contributed by atoms with Gasteiger partial charge in [0.15, 0.2) is 0 Å². The van der Waals surface area contributed by atoms with Gasteiger partial charge in [0.05, 0.1) is 16.0 Å². The van der Waals surface area contributed by atoms with Crippen LogP contribution in [0.25, 0.3) is 10.6 Å². The zero-order valence-electron chi connectivity index (χ0n) is 8.45. The highest BCUT2D eigenvalue weighted by molar-refractivity contribution is 7.15. The van der Waals surface area contributed by atoms with Gasteiger partial charge in [-0.15, -0.1) is 11.3 Å². The van der Waals surface area contributed by atoms with Gasteiger partial charge in [-0.3, -0.25) is 0 Å². The molecule has 0 aliphatic carbocycles. The molecule has 0 radical (unpaired) electrons. The molecule has 0 amide bonds. The van der Waals surface area contributed by atoms with Crippen molar-refractivity contribution in [3.63, 3.8) is 0 Å². The van der Waals surface area contributed by atoms with Gasteiger partial charge in [0.25, 0.3) is 0 Å². The van der Waals surface area contributed by atoms with Crippen LogP contribution >= 0.6 is 22.9 Å². The van der Waals surface area contributed by atoms with Gasteiger partial charge in [-0.25, -0.2) is 9.37 Å². The first-order valence-electron chi connectivity index (χ1n) is 4.67. The second-order valence-electron chi connectivity index (χ2n) is 3.37. The Morgan fingerprint density at radius 3 is 2.81 bits per heavy atom. The summed E-state index contributed by atoms with van der Waals surface area (Å²) in [5, 5.41) is 10.2. The molecule has 0 aliphatic heterocycles. The molecule has 84 valence electrons. The summed E-state index contributed by atoms with van der Waals surface area (Å²) in [6.45, 7) is 1.68. The quantitative estimate of drug-likeness (QED) is 0.891. The molecule has 0 bridgehead atoms. The van der Waals surface area contributed by atoms with Crippen LogP contribution in [-0.2, 0) is 0 Å². The van der Waals surface area contributed by atoms with Crippen molar-refractivity contribution in [2.75, 3.05) is 0 Å². The number of thiazole rings is 1. The number of halogens is 2. The van der Waals surface area contributed by atoms with E-state index in [1.165, 1.54) is 23.5 Å². The van der Waals surface area contributed by atoms with E-state index in [0.717, 1.165) is 15.4 Å². The number of aliphatic hydroxyl groups excluding tert-OH is 1. The molecule has 0 saturated carbocycles. The fraction of sp³-hybridized carbons (Fsp3) is 0.182. The van der Waals surface area contributed by atoms with E-state index in [-0.39, 0.29) is 5.02 Å². The lowest BCUT2D eigenvalue weighted by atomic mass is 10.2. The van der Waals surface area contributed by atoms with Gasteiger partial charge in [-0.1, -0.05) is 11.6 Å². The number of hydrogen-bond acceptors (Lipinski definition) is 3. The van der Waals surface area contributed by atoms with E-state index in [9.17, 15) is 9.50 Å². The second kappa shape index (κ2) is 4.49. The fourth-order valence-electron chi connectivity index (χ4n) is 1.24. The summed E-state index contributed by atoms with van der Waals surface area (Å²) in [5.74, 6) is -0.447. The molecule has 16 heavy (non-hydrogen) atoms. The van der Waals surface area contributed by atoms with Crippen molar-refractivity contribution in [3.05, 3.63) is 40.1 Å². The monoisotopic (exact) mass is 257 g/mol. The molecular weight excluding hydrogens is 249 g/mol. The molecule has 0 fully saturated rings. The molecule has 2 rings (SSSR count). The zero-order chi connectivity index (χ0) is 11.7. The molecule has 2 nitrogen and oxygen atoms in total. The van der Waals surface area contributed by atoms with Gasteiger partial charge in [0, 0.05) is 11.8 Å². The van der Waals surface area contributed by atoms with Crippen LogP contribution in [0.3, 0.4) is 0 Å². The number of benzene rings is 1. The summed E-state index contributed by atoms with van der Waals surface area (Å²) in [4.78, 5) is 4.93. The topological polar surface area (TPSA) is 33.1 Å². The molecule has 1 aromatic carbocycles. The van der Waals surface area contributed by atoms with E-state index in [0.29, 0.717) is 0 Å². The first-order chi connectivity index (χ1) is 7.58. The number of hydrogen-bond donors (Lipinski definition) is 1. The lowest BCUT2D eigenvalue weighted by Crippen LogP contribution is -1.83. The molecule has 5 heteroatoms. The van der Waals surface area contributed by atoms with Crippen molar-refractivity contribution >= 4 is 22.9 Å². The predicted octanol–water partition coefficient (Wildman–Crippen LogP) is 3.66. The maximum absolute atomic E-state index is 13.0. The van der Waals surface area contributed by atoms with Gasteiger partial charge in [0.2, 0.25) is 0 Å². The van der Waals surface area contributed by atoms with Gasteiger partial charge in [0.1, 0.15) is 10.8 Å². The number of aliphatic hydroxyl groups is 1. The van der Waals surface area contributed by atoms with Crippen LogP contribution in [0, 0.1) is 5.82 Å². The third-order valence-electron chi connectivity index (χ3n) is 2.10. The summed E-state index contributed by atoms with van der Waals surface area (Å²) < 4.78 is 13.0. The van der Waals surface area contributed by atoms with Crippen LogP contribution < -0.4 is 0 Å². The van der Waals surface area contributed by atoms with E-state index >= 15 is 0 Å². The maximum atomic E-state index is 13.0. The van der Waals surface area contributed by atoms with Crippen LogP contribution in [0.4, 0.5) is 4.39 Å². The third kappa shape index (κ3) is 2.24. The average molecular weight is 258 g/mol. The van der Waals surface area contributed by atoms with Crippen molar-refractivity contribution in [1.82, 2.24) is 4.98 Å². The Morgan fingerprint density at radius 1 is 1.50 bits per heavy atom. The molecular formula is C11H9ClFNOS. The normalized spacial score (nSPS) is 12.8. The Hall–Kier alpha value is -0.970. The number of rotatable bonds is 2. The zero-order valence-corrected chi connectivity index (χ0v) is 10.0. The molecule has 1 heterocycles. The molecule has 1 N–H and O–H groups in total. The average Bonchev–Trinajstić information content (AvgIpc) is 2.71. The third-order valence-corrected chi connectivity index (χ3v) is 3.61. The van der Waals surface area contributed by atoms with E-state index in [4.69, 9.17) is 11.6 Å². The standard InChI is InChI=1S/C11H9ClFNOS/c1-6(15)10-5-14-11(16-10)7-2-3-9(13)8(12)4-7/h2-6,15H,1H3. The fourth-order valence-corrected chi connectivity index (χ4v) is 2.27. The van der Waals surface area contributed by atoms with Gasteiger partial charge in [-0.2, -0.15) is 0 Å². The first-order valence-corrected chi connectivity index (χ1v) is 5.86. The van der Waals surface area contributed by atoms with Crippen LogP contribution in [0.15, 0.2) is 24.4 Å². The SMILES string of the molecule is CC(O)c1cnc(-c2ccc(F)c(Cl)c2)s1. The molecule has 2 aromatic rings. The van der Waals surface area contributed by atoms with Crippen molar-refractivity contribution in [3.8, 4) is 10.6 Å². The van der Waals surface area contributed by atoms with E-state index < -0.39 is 11.9 Å². The van der Waals surface area contributed by atoms with Crippen molar-refractivity contribution < 1.29 is 9.50 Å². The Balaban J connectivity index is 2.39. The second-order valence-corrected chi connectivity index (χ2v) is 4.84. The van der Waals surface area contributed by atoms with E-state index in [2.05, 4.69) is 4.98 Å². The first kappa shape index (κ1) is 11.5. The highest BCUT2D eigenvalue weighted by Gasteiger charge is 2.09. The van der Waals surface area contributed by atoms with E-state index in [1.54, 1.807) is 19.2 Å². The Morgan fingerprint density at radius 2 is 2.25 bits per heavy atom. The van der Waals surface area contributed by atoms with Crippen molar-refractivity contribution in [1.29, 1.82) is 0 Å². The Labute approximate surface area is 101 Å². The largest absolute Gasteiger partial charge is 0.388 e. The Kier molecular flexibility index (Phi) is 3.23. The molecule has 0 spiro atoms. The summed E-state index contributed by atoms with van der Waals surface area (Å²) in [7, 11) is 0. The molecule has 1 unspecified atom stereocenters. The smallest absolute Gasteiger partial charge is 0.141 e. The van der Waals surface area contributed by atoms with Crippen molar-refractivity contribution in [2.24, 2.45) is 0 Å². The summed E-state index contributed by atoms with van der Waals surface area (Å²) >= 11 is 7.05. The minimum absolute atomic E-state index is 0.0753. The predicted molar refractivity (Wildman–Crippen MR) is 63.2 cm³/mol. The molecule has 1 aromatic heterocycles. The van der Waals surface area contributed by atoms with Crippen LogP contribution in [0.5, 0.6) is 0 Å². The van der Waals surface area contributed by atoms with Crippen LogP contribution in [0.1, 0.15) is 17.9 Å². The number of nitrogens with zero attached hydrogens (tertiary/aromatic N) is 1. The Bertz CT molecular complexity index is 512. The minimum atomic E-state index is -0.540. The highest BCUT2D eigenvalue weighted by Crippen LogP contribution is 2.30. The highest BCUT2D eigenvalue weighted by atomic mass is 35.5. The lowest BCUT2D eigenvalue weighted by Gasteiger charge is -1.99. The maximum Gasteiger partial charge on any atom is 0.141 e. The summed E-state index contributed by atoms with van der Waals surface area (Å²) in [6.07, 6.45) is 1.07. The van der Waals surface area contributed by atoms with Crippen molar-refractivity contribution in [2.45, 2.75) is 13.0 Å². The van der Waals surface area contributed by atoms with Crippen LogP contribution in [-0.4, -0.2) is 10.1 Å². The van der Waals surface area contributed by atoms with Gasteiger partial charge in [-0.05, 0) is 25.1 Å². The number of aromatic nitrogens is 1.